The highest BCUT2D eigenvalue weighted by molar-refractivity contribution is 7.92. The Labute approximate surface area is 170 Å². The number of aromatic nitrogens is 1. The van der Waals surface area contributed by atoms with Crippen molar-refractivity contribution in [1.29, 1.82) is 0 Å². The molecule has 146 valence electrons. The number of thiophene rings is 1. The number of nitrogens with one attached hydrogen (secondary N) is 1. The predicted octanol–water partition coefficient (Wildman–Crippen LogP) is 3.72. The summed E-state index contributed by atoms with van der Waals surface area (Å²) in [4.78, 5) is 29.0. The van der Waals surface area contributed by atoms with Crippen molar-refractivity contribution in [2.45, 2.75) is 6.92 Å². The second-order valence-corrected chi connectivity index (χ2v) is 9.95. The van der Waals surface area contributed by atoms with E-state index in [1.807, 2.05) is 0 Å². The third kappa shape index (κ3) is 4.46. The van der Waals surface area contributed by atoms with Gasteiger partial charge in [-0.3, -0.25) is 19.2 Å². The van der Waals surface area contributed by atoms with Crippen molar-refractivity contribution in [3.05, 3.63) is 51.5 Å². The molecular weight excluding hydrogens is 418 g/mol. The van der Waals surface area contributed by atoms with Crippen LogP contribution in [0.25, 0.3) is 11.3 Å². The van der Waals surface area contributed by atoms with Crippen molar-refractivity contribution in [3.63, 3.8) is 0 Å². The molecule has 0 radical (unpaired) electrons. The Kier molecular flexibility index (Phi) is 5.64. The fourth-order valence-corrected chi connectivity index (χ4v) is 4.32. The zero-order chi connectivity index (χ0) is 20.5. The summed E-state index contributed by atoms with van der Waals surface area (Å²) in [6, 6.07) is 10.2. The van der Waals surface area contributed by atoms with Crippen molar-refractivity contribution in [3.8, 4) is 11.3 Å². The molecule has 0 fully saturated rings. The first kappa shape index (κ1) is 20.2. The number of nitrogens with zero attached hydrogens (tertiary/aromatic N) is 2. The third-order valence-corrected chi connectivity index (χ3v) is 7.07. The van der Waals surface area contributed by atoms with E-state index in [0.717, 1.165) is 23.2 Å². The summed E-state index contributed by atoms with van der Waals surface area (Å²) in [7, 11) is -1.83. The second kappa shape index (κ2) is 7.82. The summed E-state index contributed by atoms with van der Waals surface area (Å²) >= 11 is 2.42. The maximum Gasteiger partial charge on any atom is 0.267 e. The van der Waals surface area contributed by atoms with Crippen LogP contribution >= 0.6 is 22.7 Å². The number of benzene rings is 1. The van der Waals surface area contributed by atoms with E-state index in [2.05, 4.69) is 10.3 Å². The van der Waals surface area contributed by atoms with Crippen LogP contribution in [-0.2, 0) is 10.0 Å². The lowest BCUT2D eigenvalue weighted by molar-refractivity contribution is 0.101. The monoisotopic (exact) mass is 435 g/mol. The normalized spacial score (nSPS) is 11.2. The smallest absolute Gasteiger partial charge is 0.267 e. The Morgan fingerprint density at radius 1 is 1.07 bits per heavy atom. The van der Waals surface area contributed by atoms with E-state index < -0.39 is 10.0 Å². The highest BCUT2D eigenvalue weighted by atomic mass is 32.2. The molecule has 1 N–H and O–H groups in total. The van der Waals surface area contributed by atoms with Gasteiger partial charge in [0.2, 0.25) is 10.0 Å². The Balaban J connectivity index is 1.73. The fraction of sp³-hybridized carbons (Fsp3) is 0.167. The maximum absolute atomic E-state index is 12.3. The Morgan fingerprint density at radius 2 is 1.71 bits per heavy atom. The first-order valence-electron chi connectivity index (χ1n) is 8.07. The minimum atomic E-state index is -3.32. The lowest BCUT2D eigenvalue weighted by atomic mass is 10.1. The number of thiazole rings is 1. The summed E-state index contributed by atoms with van der Waals surface area (Å²) < 4.78 is 24.4. The van der Waals surface area contributed by atoms with Gasteiger partial charge in [0.1, 0.15) is 0 Å². The molecular formula is C18H17N3O4S3. The van der Waals surface area contributed by atoms with Crippen molar-refractivity contribution in [1.82, 2.24) is 4.98 Å². The van der Waals surface area contributed by atoms with Gasteiger partial charge in [-0.2, -0.15) is 0 Å². The van der Waals surface area contributed by atoms with Crippen LogP contribution in [0.3, 0.4) is 0 Å². The molecule has 0 aliphatic carbocycles. The lowest BCUT2D eigenvalue weighted by Gasteiger charge is -2.16. The zero-order valence-electron chi connectivity index (χ0n) is 15.3. The molecule has 0 unspecified atom stereocenters. The van der Waals surface area contributed by atoms with Crippen molar-refractivity contribution in [2.75, 3.05) is 22.9 Å². The third-order valence-electron chi connectivity index (χ3n) is 3.93. The van der Waals surface area contributed by atoms with Crippen molar-refractivity contribution in [2.24, 2.45) is 0 Å². The molecule has 2 aromatic heterocycles. The molecule has 10 heteroatoms. The average molecular weight is 436 g/mol. The molecule has 3 rings (SSSR count). The van der Waals surface area contributed by atoms with Gasteiger partial charge in [0.05, 0.1) is 27.4 Å². The summed E-state index contributed by atoms with van der Waals surface area (Å²) in [5.74, 6) is -0.394. The van der Waals surface area contributed by atoms with Gasteiger partial charge in [-0.15, -0.1) is 22.7 Å². The van der Waals surface area contributed by atoms with Crippen LogP contribution in [0.2, 0.25) is 0 Å². The Hall–Kier alpha value is -2.56. The summed E-state index contributed by atoms with van der Waals surface area (Å²) in [6.07, 6.45) is 1.14. The first-order valence-corrected chi connectivity index (χ1v) is 11.6. The number of rotatable bonds is 6. The maximum atomic E-state index is 12.3. The van der Waals surface area contributed by atoms with Gasteiger partial charge in [-0.25, -0.2) is 13.4 Å². The van der Waals surface area contributed by atoms with Crippen LogP contribution < -0.4 is 9.62 Å². The van der Waals surface area contributed by atoms with Crippen LogP contribution in [0.15, 0.2) is 41.8 Å². The molecule has 0 atom stereocenters. The topological polar surface area (TPSA) is 96.4 Å². The molecule has 7 nitrogen and oxygen atoms in total. The molecule has 0 aliphatic heterocycles. The summed E-state index contributed by atoms with van der Waals surface area (Å²) in [6.45, 7) is 1.46. The standard InChI is InChI=1S/C18H17N3O4S3/c1-11(22)15-8-9-16(27-15)17(23)20-18-19-14(10-26-18)12-4-6-13(7-5-12)21(2)28(3,24)25/h4-10H,1-3H3,(H,19,20,23). The molecule has 0 spiro atoms. The quantitative estimate of drug-likeness (QED) is 0.595. The molecule has 0 bridgehead atoms. The van der Waals surface area contributed by atoms with Crippen molar-refractivity contribution < 1.29 is 18.0 Å². The molecule has 3 aromatic rings. The number of Topliss-reactive ketones (excluding diaryl/α,β-unsaturated/α-hetero) is 1. The van der Waals surface area contributed by atoms with Crippen molar-refractivity contribution >= 4 is 55.2 Å². The number of anilines is 2. The Morgan fingerprint density at radius 3 is 2.29 bits per heavy atom. The molecule has 0 saturated carbocycles. The molecule has 28 heavy (non-hydrogen) atoms. The Bertz CT molecular complexity index is 1130. The fourth-order valence-electron chi connectivity index (χ4n) is 2.31. The highest BCUT2D eigenvalue weighted by Gasteiger charge is 2.15. The van der Waals surface area contributed by atoms with E-state index in [9.17, 15) is 18.0 Å². The molecule has 2 heterocycles. The number of sulfonamides is 1. The van der Waals surface area contributed by atoms with Crippen LogP contribution in [0.1, 0.15) is 26.3 Å². The van der Waals surface area contributed by atoms with E-state index in [-0.39, 0.29) is 11.7 Å². The summed E-state index contributed by atoms with van der Waals surface area (Å²) in [5.41, 5.74) is 2.02. The number of hydrogen-bond acceptors (Lipinski definition) is 7. The van der Waals surface area contributed by atoms with Gasteiger partial charge in [-0.05, 0) is 31.2 Å². The molecule has 1 amide bonds. The number of amides is 1. The number of ketones is 1. The molecule has 0 aliphatic rings. The second-order valence-electron chi connectivity index (χ2n) is 5.99. The van der Waals surface area contributed by atoms with E-state index in [0.29, 0.717) is 26.3 Å². The predicted molar refractivity (Wildman–Crippen MR) is 113 cm³/mol. The van der Waals surface area contributed by atoms with Gasteiger partial charge >= 0.3 is 0 Å². The molecule has 0 saturated heterocycles. The van der Waals surface area contributed by atoms with Crippen LogP contribution in [0.4, 0.5) is 10.8 Å². The van der Waals surface area contributed by atoms with Gasteiger partial charge in [0, 0.05) is 18.0 Å². The first-order chi connectivity index (χ1) is 13.1. The van der Waals surface area contributed by atoms with E-state index >= 15 is 0 Å². The largest absolute Gasteiger partial charge is 0.297 e. The van der Waals surface area contributed by atoms with Gasteiger partial charge in [-0.1, -0.05) is 12.1 Å². The van der Waals surface area contributed by atoms with E-state index in [1.54, 1.807) is 41.8 Å². The number of carbonyl (C=O) groups excluding carboxylic acids is 2. The SMILES string of the molecule is CC(=O)c1ccc(C(=O)Nc2nc(-c3ccc(N(C)S(C)(=O)=O)cc3)cs2)s1. The average Bonchev–Trinajstić information content (AvgIpc) is 3.30. The number of hydrogen-bond donors (Lipinski definition) is 1. The molecule has 1 aromatic carbocycles. The van der Waals surface area contributed by atoms with Crippen LogP contribution in [0.5, 0.6) is 0 Å². The van der Waals surface area contributed by atoms with E-state index in [1.165, 1.54) is 29.6 Å². The lowest BCUT2D eigenvalue weighted by Crippen LogP contribution is -2.24. The van der Waals surface area contributed by atoms with E-state index in [4.69, 9.17) is 0 Å². The minimum absolute atomic E-state index is 0.0782. The van der Waals surface area contributed by atoms with Crippen LogP contribution in [-0.4, -0.2) is 38.4 Å². The summed E-state index contributed by atoms with van der Waals surface area (Å²) in [5, 5.41) is 4.98. The van der Waals surface area contributed by atoms with Crippen LogP contribution in [0, 0.1) is 0 Å². The van der Waals surface area contributed by atoms with Gasteiger partial charge in [0.25, 0.3) is 5.91 Å². The van der Waals surface area contributed by atoms with Gasteiger partial charge < -0.3 is 0 Å². The minimum Gasteiger partial charge on any atom is -0.297 e. The zero-order valence-corrected chi connectivity index (χ0v) is 17.7. The highest BCUT2D eigenvalue weighted by Crippen LogP contribution is 2.28. The van der Waals surface area contributed by atoms with Gasteiger partial charge in [0.15, 0.2) is 10.9 Å². The number of carbonyl (C=O) groups is 2.